The Morgan fingerprint density at radius 2 is 1.91 bits per heavy atom. The Morgan fingerprint density at radius 3 is 2.78 bits per heavy atom. The fourth-order valence-electron chi connectivity index (χ4n) is 2.20. The van der Waals surface area contributed by atoms with E-state index in [2.05, 4.69) is 15.5 Å². The third kappa shape index (κ3) is 3.97. The first-order valence-corrected chi connectivity index (χ1v) is 7.37. The van der Waals surface area contributed by atoms with E-state index < -0.39 is 6.09 Å². The van der Waals surface area contributed by atoms with Crippen LogP contribution in [0, 0.1) is 0 Å². The van der Waals surface area contributed by atoms with Gasteiger partial charge in [0, 0.05) is 11.9 Å². The van der Waals surface area contributed by atoms with Crippen LogP contribution in [0.25, 0.3) is 17.0 Å². The standard InChI is InChI=1S/C18H17N3O2/c22-18(23-13-14-7-2-1-3-8-14)19-12-6-11-17-15-9-4-5-10-16(15)20-21-17/h1-11H,12-13H2,(H,19,22)(H,20,21). The second-order valence-electron chi connectivity index (χ2n) is 5.00. The van der Waals surface area contributed by atoms with Gasteiger partial charge in [-0.05, 0) is 17.7 Å². The van der Waals surface area contributed by atoms with E-state index >= 15 is 0 Å². The van der Waals surface area contributed by atoms with Crippen molar-refractivity contribution in [1.29, 1.82) is 0 Å². The number of fused-ring (bicyclic) bond motifs is 1. The van der Waals surface area contributed by atoms with Crippen molar-refractivity contribution in [2.75, 3.05) is 6.54 Å². The van der Waals surface area contributed by atoms with Gasteiger partial charge >= 0.3 is 6.09 Å². The Labute approximate surface area is 134 Å². The van der Waals surface area contributed by atoms with Gasteiger partial charge in [-0.1, -0.05) is 54.6 Å². The molecule has 23 heavy (non-hydrogen) atoms. The lowest BCUT2D eigenvalue weighted by molar-refractivity contribution is 0.141. The molecule has 0 aliphatic carbocycles. The molecule has 0 aliphatic rings. The average Bonchev–Trinajstić information content (AvgIpc) is 3.01. The predicted octanol–water partition coefficient (Wildman–Crippen LogP) is 3.50. The molecule has 1 aromatic heterocycles. The van der Waals surface area contributed by atoms with Crippen LogP contribution >= 0.6 is 0 Å². The van der Waals surface area contributed by atoms with Gasteiger partial charge < -0.3 is 10.1 Å². The van der Waals surface area contributed by atoms with Gasteiger partial charge in [0.1, 0.15) is 6.61 Å². The van der Waals surface area contributed by atoms with Crippen molar-refractivity contribution in [3.05, 3.63) is 71.9 Å². The number of para-hydroxylation sites is 1. The summed E-state index contributed by atoms with van der Waals surface area (Å²) in [6, 6.07) is 17.4. The van der Waals surface area contributed by atoms with E-state index in [9.17, 15) is 4.79 Å². The molecule has 1 heterocycles. The van der Waals surface area contributed by atoms with Gasteiger partial charge in [-0.25, -0.2) is 4.79 Å². The summed E-state index contributed by atoms with van der Waals surface area (Å²) in [7, 11) is 0. The van der Waals surface area contributed by atoms with Crippen LogP contribution in [0.15, 0.2) is 60.7 Å². The number of H-pyrrole nitrogens is 1. The van der Waals surface area contributed by atoms with Gasteiger partial charge in [0.15, 0.2) is 0 Å². The summed E-state index contributed by atoms with van der Waals surface area (Å²) in [6.07, 6.45) is 3.31. The van der Waals surface area contributed by atoms with Gasteiger partial charge in [0.05, 0.1) is 11.2 Å². The number of hydrogen-bond acceptors (Lipinski definition) is 3. The molecule has 2 N–H and O–H groups in total. The molecular formula is C18H17N3O2. The third-order valence-corrected chi connectivity index (χ3v) is 3.35. The summed E-state index contributed by atoms with van der Waals surface area (Å²) < 4.78 is 5.13. The summed E-state index contributed by atoms with van der Waals surface area (Å²) in [5, 5.41) is 10.9. The quantitative estimate of drug-likeness (QED) is 0.758. The maximum atomic E-state index is 11.6. The van der Waals surface area contributed by atoms with Gasteiger partial charge in [0.2, 0.25) is 0 Å². The van der Waals surface area contributed by atoms with Crippen LogP contribution in [0.3, 0.4) is 0 Å². The first kappa shape index (κ1) is 14.8. The molecule has 5 nitrogen and oxygen atoms in total. The minimum absolute atomic E-state index is 0.265. The molecule has 0 unspecified atom stereocenters. The molecule has 0 saturated carbocycles. The van der Waals surface area contributed by atoms with Gasteiger partial charge in [-0.3, -0.25) is 5.10 Å². The van der Waals surface area contributed by atoms with Crippen molar-refractivity contribution in [2.24, 2.45) is 0 Å². The second kappa shape index (κ2) is 7.26. The van der Waals surface area contributed by atoms with Crippen LogP contribution in [-0.4, -0.2) is 22.8 Å². The molecule has 3 aromatic rings. The Hall–Kier alpha value is -3.08. The first-order chi connectivity index (χ1) is 11.3. The lowest BCUT2D eigenvalue weighted by Gasteiger charge is -2.05. The fourth-order valence-corrected chi connectivity index (χ4v) is 2.20. The van der Waals surface area contributed by atoms with E-state index in [-0.39, 0.29) is 6.61 Å². The fraction of sp³-hybridized carbons (Fsp3) is 0.111. The number of alkyl carbamates (subject to hydrolysis) is 1. The SMILES string of the molecule is O=C(NCC=Cc1[nH]nc2ccccc12)OCc1ccccc1. The second-order valence-corrected chi connectivity index (χ2v) is 5.00. The van der Waals surface area contributed by atoms with Gasteiger partial charge in [-0.15, -0.1) is 0 Å². The zero-order valence-electron chi connectivity index (χ0n) is 12.5. The van der Waals surface area contributed by atoms with Crippen molar-refractivity contribution < 1.29 is 9.53 Å². The summed E-state index contributed by atoms with van der Waals surface area (Å²) in [4.78, 5) is 11.6. The zero-order valence-corrected chi connectivity index (χ0v) is 12.5. The minimum atomic E-state index is -0.437. The van der Waals surface area contributed by atoms with Crippen LogP contribution < -0.4 is 5.32 Å². The molecule has 0 radical (unpaired) electrons. The number of benzene rings is 2. The molecule has 0 aliphatic heterocycles. The molecule has 0 bridgehead atoms. The van der Waals surface area contributed by atoms with Crippen molar-refractivity contribution in [2.45, 2.75) is 6.61 Å². The number of rotatable bonds is 5. The minimum Gasteiger partial charge on any atom is -0.445 e. The highest BCUT2D eigenvalue weighted by Crippen LogP contribution is 2.15. The number of carbonyl (C=O) groups is 1. The molecule has 3 rings (SSSR count). The van der Waals surface area contributed by atoms with Crippen LogP contribution in [0.1, 0.15) is 11.3 Å². The Bertz CT molecular complexity index is 809. The largest absolute Gasteiger partial charge is 0.445 e. The lowest BCUT2D eigenvalue weighted by atomic mass is 10.2. The highest BCUT2D eigenvalue weighted by molar-refractivity contribution is 5.86. The van der Waals surface area contributed by atoms with Crippen molar-refractivity contribution in [1.82, 2.24) is 15.5 Å². The van der Waals surface area contributed by atoms with Gasteiger partial charge in [-0.2, -0.15) is 5.10 Å². The number of nitrogens with one attached hydrogen (secondary N) is 2. The van der Waals surface area contributed by atoms with Crippen LogP contribution in [0.2, 0.25) is 0 Å². The maximum absolute atomic E-state index is 11.6. The highest BCUT2D eigenvalue weighted by atomic mass is 16.5. The molecule has 0 atom stereocenters. The smallest absolute Gasteiger partial charge is 0.407 e. The Morgan fingerprint density at radius 1 is 1.13 bits per heavy atom. The third-order valence-electron chi connectivity index (χ3n) is 3.35. The number of hydrogen-bond donors (Lipinski definition) is 2. The number of aromatic nitrogens is 2. The molecule has 0 fully saturated rings. The number of aromatic amines is 1. The summed E-state index contributed by atoms with van der Waals surface area (Å²) in [5.41, 5.74) is 2.80. The number of nitrogens with zero attached hydrogens (tertiary/aromatic N) is 1. The van der Waals surface area contributed by atoms with E-state index in [1.54, 1.807) is 0 Å². The van der Waals surface area contributed by atoms with E-state index in [0.717, 1.165) is 22.2 Å². The molecule has 116 valence electrons. The monoisotopic (exact) mass is 307 g/mol. The van der Waals surface area contributed by atoms with Crippen molar-refractivity contribution in [3.63, 3.8) is 0 Å². The first-order valence-electron chi connectivity index (χ1n) is 7.37. The molecule has 5 heteroatoms. The van der Waals surface area contributed by atoms with E-state index in [4.69, 9.17) is 4.74 Å². The highest BCUT2D eigenvalue weighted by Gasteiger charge is 2.02. The van der Waals surface area contributed by atoms with E-state index in [1.807, 2.05) is 66.7 Å². The number of ether oxygens (including phenoxy) is 1. The Kier molecular flexibility index (Phi) is 4.69. The van der Waals surface area contributed by atoms with Crippen LogP contribution in [0.4, 0.5) is 4.79 Å². The van der Waals surface area contributed by atoms with Crippen molar-refractivity contribution >= 4 is 23.1 Å². The summed E-state index contributed by atoms with van der Waals surface area (Å²) >= 11 is 0. The predicted molar refractivity (Wildman–Crippen MR) is 89.8 cm³/mol. The van der Waals surface area contributed by atoms with Crippen LogP contribution in [0.5, 0.6) is 0 Å². The molecule has 2 aromatic carbocycles. The lowest BCUT2D eigenvalue weighted by Crippen LogP contribution is -2.24. The normalized spacial score (nSPS) is 11.0. The van der Waals surface area contributed by atoms with Gasteiger partial charge in [0.25, 0.3) is 0 Å². The van der Waals surface area contributed by atoms with Crippen LogP contribution in [-0.2, 0) is 11.3 Å². The van der Waals surface area contributed by atoms with Crippen molar-refractivity contribution in [3.8, 4) is 0 Å². The molecule has 1 amide bonds. The number of carbonyl (C=O) groups excluding carboxylic acids is 1. The molecular weight excluding hydrogens is 290 g/mol. The summed E-state index contributed by atoms with van der Waals surface area (Å²) in [6.45, 7) is 0.655. The topological polar surface area (TPSA) is 67.0 Å². The maximum Gasteiger partial charge on any atom is 0.407 e. The average molecular weight is 307 g/mol. The molecule has 0 spiro atoms. The van der Waals surface area contributed by atoms with E-state index in [0.29, 0.717) is 6.54 Å². The number of amides is 1. The Balaban J connectivity index is 1.46. The molecule has 0 saturated heterocycles. The zero-order chi connectivity index (χ0) is 15.9. The van der Waals surface area contributed by atoms with E-state index in [1.165, 1.54) is 0 Å². The summed E-state index contributed by atoms with van der Waals surface area (Å²) in [5.74, 6) is 0.